The van der Waals surface area contributed by atoms with Gasteiger partial charge in [0.2, 0.25) is 10.0 Å². The Balaban J connectivity index is 2.50. The van der Waals surface area contributed by atoms with Crippen LogP contribution in [0.2, 0.25) is 0 Å². The Morgan fingerprint density at radius 2 is 2.27 bits per heavy atom. The summed E-state index contributed by atoms with van der Waals surface area (Å²) in [6.45, 7) is 0.882. The lowest BCUT2D eigenvalue weighted by atomic mass is 10.2. The van der Waals surface area contributed by atoms with Crippen LogP contribution in [-0.4, -0.2) is 55.9 Å². The van der Waals surface area contributed by atoms with Gasteiger partial charge < -0.3 is 9.84 Å². The summed E-state index contributed by atoms with van der Waals surface area (Å²) in [5.41, 5.74) is 0. The first-order valence-corrected chi connectivity index (χ1v) is 6.30. The van der Waals surface area contributed by atoms with Gasteiger partial charge in [-0.25, -0.2) is 12.7 Å². The Labute approximate surface area is 88.9 Å². The van der Waals surface area contributed by atoms with Crippen LogP contribution in [0.3, 0.4) is 0 Å². The Kier molecular flexibility index (Phi) is 4.06. The lowest BCUT2D eigenvalue weighted by molar-refractivity contribution is -0.134. The zero-order valence-electron chi connectivity index (χ0n) is 8.55. The second-order valence-electron chi connectivity index (χ2n) is 3.57. The van der Waals surface area contributed by atoms with E-state index < -0.39 is 21.7 Å². The van der Waals surface area contributed by atoms with Crippen LogP contribution in [0, 0.1) is 0 Å². The number of carboxylic acid groups (broad SMARTS) is 1. The fourth-order valence-corrected chi connectivity index (χ4v) is 2.38. The molecule has 1 rings (SSSR count). The van der Waals surface area contributed by atoms with Gasteiger partial charge in [0, 0.05) is 20.2 Å². The van der Waals surface area contributed by atoms with Crippen LogP contribution in [0.25, 0.3) is 0 Å². The maximum atomic E-state index is 11.4. The maximum Gasteiger partial charge on any atom is 0.320 e. The molecule has 1 aliphatic rings. The summed E-state index contributed by atoms with van der Waals surface area (Å²) in [5.74, 6) is -2.20. The van der Waals surface area contributed by atoms with Crippen LogP contribution in [0.4, 0.5) is 0 Å². The van der Waals surface area contributed by atoms with E-state index in [-0.39, 0.29) is 12.6 Å². The van der Waals surface area contributed by atoms with Crippen molar-refractivity contribution in [2.75, 3.05) is 26.0 Å². The lowest BCUT2D eigenvalue weighted by Crippen LogP contribution is -2.37. The van der Waals surface area contributed by atoms with Gasteiger partial charge in [-0.05, 0) is 12.8 Å². The van der Waals surface area contributed by atoms with Crippen molar-refractivity contribution < 1.29 is 23.1 Å². The number of rotatable bonds is 5. The first-order chi connectivity index (χ1) is 6.92. The molecule has 0 radical (unpaired) electrons. The topological polar surface area (TPSA) is 83.9 Å². The summed E-state index contributed by atoms with van der Waals surface area (Å²) in [7, 11) is -2.32. The molecule has 1 saturated heterocycles. The highest BCUT2D eigenvalue weighted by Crippen LogP contribution is 2.14. The third kappa shape index (κ3) is 3.77. The van der Waals surface area contributed by atoms with Crippen molar-refractivity contribution in [3.63, 3.8) is 0 Å². The smallest absolute Gasteiger partial charge is 0.320 e. The first kappa shape index (κ1) is 12.4. The third-order valence-electron chi connectivity index (χ3n) is 2.27. The van der Waals surface area contributed by atoms with Crippen molar-refractivity contribution in [2.45, 2.75) is 18.9 Å². The summed E-state index contributed by atoms with van der Waals surface area (Å²) in [6, 6.07) is 0. The fraction of sp³-hybridized carbons (Fsp3) is 0.875. The average Bonchev–Trinajstić information content (AvgIpc) is 2.54. The van der Waals surface area contributed by atoms with Crippen molar-refractivity contribution in [3.8, 4) is 0 Å². The van der Waals surface area contributed by atoms with E-state index in [0.29, 0.717) is 6.61 Å². The molecule has 0 aromatic carbocycles. The van der Waals surface area contributed by atoms with E-state index in [0.717, 1.165) is 17.1 Å². The van der Waals surface area contributed by atoms with Crippen molar-refractivity contribution in [2.24, 2.45) is 0 Å². The summed E-state index contributed by atoms with van der Waals surface area (Å²) >= 11 is 0. The van der Waals surface area contributed by atoms with Gasteiger partial charge >= 0.3 is 5.97 Å². The molecule has 88 valence electrons. The monoisotopic (exact) mass is 237 g/mol. The minimum absolute atomic E-state index is 0.0985. The fourth-order valence-electron chi connectivity index (χ4n) is 1.45. The molecule has 1 atom stereocenters. The summed E-state index contributed by atoms with van der Waals surface area (Å²) in [5, 5.41) is 8.42. The second kappa shape index (κ2) is 4.91. The quantitative estimate of drug-likeness (QED) is 0.697. The van der Waals surface area contributed by atoms with Crippen LogP contribution in [0.5, 0.6) is 0 Å². The van der Waals surface area contributed by atoms with Crippen molar-refractivity contribution in [3.05, 3.63) is 0 Å². The standard InChI is InChI=1S/C8H15NO5S/c1-9(5-7-3-2-4-14-7)15(12,13)6-8(10)11/h7H,2-6H2,1H3,(H,10,11). The molecule has 1 N–H and O–H groups in total. The van der Waals surface area contributed by atoms with E-state index in [1.165, 1.54) is 7.05 Å². The van der Waals surface area contributed by atoms with E-state index in [1.807, 2.05) is 0 Å². The van der Waals surface area contributed by atoms with Gasteiger partial charge in [0.25, 0.3) is 0 Å². The molecule has 0 aliphatic carbocycles. The highest BCUT2D eigenvalue weighted by molar-refractivity contribution is 7.89. The van der Waals surface area contributed by atoms with Crippen molar-refractivity contribution in [1.29, 1.82) is 0 Å². The van der Waals surface area contributed by atoms with E-state index in [9.17, 15) is 13.2 Å². The maximum absolute atomic E-state index is 11.4. The van der Waals surface area contributed by atoms with Crippen LogP contribution in [0.1, 0.15) is 12.8 Å². The molecular weight excluding hydrogens is 222 g/mol. The molecule has 0 saturated carbocycles. The number of sulfonamides is 1. The summed E-state index contributed by atoms with van der Waals surface area (Å²) in [6.07, 6.45) is 1.66. The van der Waals surface area contributed by atoms with Gasteiger partial charge in [-0.15, -0.1) is 0 Å². The predicted octanol–water partition coefficient (Wildman–Crippen LogP) is -0.488. The predicted molar refractivity (Wildman–Crippen MR) is 53.0 cm³/mol. The Hall–Kier alpha value is -0.660. The van der Waals surface area contributed by atoms with E-state index in [4.69, 9.17) is 9.84 Å². The molecule has 1 unspecified atom stereocenters. The third-order valence-corrected chi connectivity index (χ3v) is 3.98. The number of hydrogen-bond acceptors (Lipinski definition) is 4. The molecule has 0 amide bonds. The zero-order chi connectivity index (χ0) is 11.5. The molecule has 6 nitrogen and oxygen atoms in total. The highest BCUT2D eigenvalue weighted by Gasteiger charge is 2.26. The lowest BCUT2D eigenvalue weighted by Gasteiger charge is -2.19. The van der Waals surface area contributed by atoms with Crippen LogP contribution < -0.4 is 0 Å². The minimum Gasteiger partial charge on any atom is -0.480 e. The number of ether oxygens (including phenoxy) is 1. The Bertz CT molecular complexity index is 320. The van der Waals surface area contributed by atoms with Crippen LogP contribution in [-0.2, 0) is 19.6 Å². The molecule has 0 bridgehead atoms. The number of likely N-dealkylation sites (N-methyl/N-ethyl adjacent to an activating group) is 1. The SMILES string of the molecule is CN(CC1CCCO1)S(=O)(=O)CC(=O)O. The average molecular weight is 237 g/mol. The molecular formula is C8H15NO5S. The Morgan fingerprint density at radius 3 is 2.73 bits per heavy atom. The first-order valence-electron chi connectivity index (χ1n) is 4.69. The van der Waals surface area contributed by atoms with Crippen molar-refractivity contribution >= 4 is 16.0 Å². The molecule has 0 aromatic rings. The normalized spacial score (nSPS) is 22.1. The molecule has 1 heterocycles. The van der Waals surface area contributed by atoms with Crippen molar-refractivity contribution in [1.82, 2.24) is 4.31 Å². The van der Waals surface area contributed by atoms with Crippen LogP contribution >= 0.6 is 0 Å². The van der Waals surface area contributed by atoms with Gasteiger partial charge in [-0.2, -0.15) is 0 Å². The molecule has 0 aromatic heterocycles. The van der Waals surface area contributed by atoms with Gasteiger partial charge in [-0.1, -0.05) is 0 Å². The Morgan fingerprint density at radius 1 is 1.60 bits per heavy atom. The molecule has 15 heavy (non-hydrogen) atoms. The number of hydrogen-bond donors (Lipinski definition) is 1. The second-order valence-corrected chi connectivity index (χ2v) is 5.64. The van der Waals surface area contributed by atoms with Gasteiger partial charge in [0.05, 0.1) is 6.10 Å². The van der Waals surface area contributed by atoms with Gasteiger partial charge in [-0.3, -0.25) is 4.79 Å². The number of carbonyl (C=O) groups is 1. The number of nitrogens with zero attached hydrogens (tertiary/aromatic N) is 1. The zero-order valence-corrected chi connectivity index (χ0v) is 9.37. The van der Waals surface area contributed by atoms with E-state index in [2.05, 4.69) is 0 Å². The highest BCUT2D eigenvalue weighted by atomic mass is 32.2. The van der Waals surface area contributed by atoms with Gasteiger partial charge in [0.15, 0.2) is 5.75 Å². The molecule has 1 aliphatic heterocycles. The van der Waals surface area contributed by atoms with Gasteiger partial charge in [0.1, 0.15) is 0 Å². The minimum atomic E-state index is -3.69. The molecule has 1 fully saturated rings. The number of aliphatic carboxylic acids is 1. The number of carboxylic acids is 1. The summed E-state index contributed by atoms with van der Waals surface area (Å²) < 4.78 is 29.2. The molecule has 7 heteroatoms. The largest absolute Gasteiger partial charge is 0.480 e. The van der Waals surface area contributed by atoms with E-state index in [1.54, 1.807) is 0 Å². The summed E-state index contributed by atoms with van der Waals surface area (Å²) in [4.78, 5) is 10.3. The molecule has 0 spiro atoms. The van der Waals surface area contributed by atoms with E-state index >= 15 is 0 Å². The van der Waals surface area contributed by atoms with Crippen LogP contribution in [0.15, 0.2) is 0 Å².